The predicted octanol–water partition coefficient (Wildman–Crippen LogP) is 3.32. The molecule has 2 amide bonds. The summed E-state index contributed by atoms with van der Waals surface area (Å²) in [4.78, 5) is 27.9. The second-order valence-electron chi connectivity index (χ2n) is 7.26. The molecule has 0 bridgehead atoms. The average molecular weight is 428 g/mol. The summed E-state index contributed by atoms with van der Waals surface area (Å²) in [7, 11) is 0. The number of carbonyl (C=O) groups excluding carboxylic acids is 2. The zero-order valence-electron chi connectivity index (χ0n) is 17.5. The maximum atomic E-state index is 12.9. The summed E-state index contributed by atoms with van der Waals surface area (Å²) >= 11 is 1.65. The molecule has 160 valence electrons. The van der Waals surface area contributed by atoms with Gasteiger partial charge in [0.15, 0.2) is 0 Å². The van der Waals surface area contributed by atoms with Gasteiger partial charge in [0.1, 0.15) is 6.04 Å². The standard InChI is InChI=1S/C23H29N3O3S/c1-17-5-3-4-6-20(17)22(27)25-21(11-16-30-2)23(28)24-18-7-9-19(10-8-18)26-12-14-29-15-13-26/h3-10,21H,11-16H2,1-2H3,(H,24,28)(H,25,27)/t21-/m1/s1. The number of aryl methyl sites for hydroxylation is 1. The van der Waals surface area contributed by atoms with Crippen molar-refractivity contribution in [3.05, 3.63) is 59.7 Å². The van der Waals surface area contributed by atoms with Crippen molar-refractivity contribution in [2.24, 2.45) is 0 Å². The molecule has 0 radical (unpaired) electrons. The lowest BCUT2D eigenvalue weighted by Crippen LogP contribution is -2.44. The van der Waals surface area contributed by atoms with Gasteiger partial charge in [-0.25, -0.2) is 0 Å². The number of amides is 2. The van der Waals surface area contributed by atoms with E-state index in [-0.39, 0.29) is 11.8 Å². The SMILES string of the molecule is CSCC[C@@H](NC(=O)c1ccccc1C)C(=O)Nc1ccc(N2CCOCC2)cc1. The summed E-state index contributed by atoms with van der Waals surface area (Å²) in [6.45, 7) is 5.09. The molecule has 0 aromatic heterocycles. The molecule has 1 heterocycles. The number of nitrogens with one attached hydrogen (secondary N) is 2. The van der Waals surface area contributed by atoms with E-state index in [2.05, 4.69) is 15.5 Å². The van der Waals surface area contributed by atoms with Crippen LogP contribution in [0.5, 0.6) is 0 Å². The quantitative estimate of drug-likeness (QED) is 0.676. The minimum absolute atomic E-state index is 0.204. The summed E-state index contributed by atoms with van der Waals surface area (Å²) in [6, 6.07) is 14.6. The zero-order valence-corrected chi connectivity index (χ0v) is 18.3. The van der Waals surface area contributed by atoms with Crippen molar-refractivity contribution >= 4 is 35.0 Å². The highest BCUT2D eigenvalue weighted by molar-refractivity contribution is 7.98. The van der Waals surface area contributed by atoms with Gasteiger partial charge in [-0.05, 0) is 61.2 Å². The fourth-order valence-electron chi connectivity index (χ4n) is 3.37. The van der Waals surface area contributed by atoms with Crippen molar-refractivity contribution < 1.29 is 14.3 Å². The lowest BCUT2D eigenvalue weighted by molar-refractivity contribution is -0.118. The first-order valence-electron chi connectivity index (χ1n) is 10.2. The van der Waals surface area contributed by atoms with Gasteiger partial charge in [0.05, 0.1) is 13.2 Å². The van der Waals surface area contributed by atoms with Crippen molar-refractivity contribution in [3.8, 4) is 0 Å². The summed E-state index contributed by atoms with van der Waals surface area (Å²) in [5.74, 6) is 0.351. The highest BCUT2D eigenvalue weighted by Crippen LogP contribution is 2.19. The molecule has 0 saturated carbocycles. The van der Waals surface area contributed by atoms with Crippen LogP contribution in [0, 0.1) is 6.92 Å². The van der Waals surface area contributed by atoms with Crippen LogP contribution >= 0.6 is 11.8 Å². The maximum absolute atomic E-state index is 12.9. The van der Waals surface area contributed by atoms with E-state index in [1.165, 1.54) is 0 Å². The van der Waals surface area contributed by atoms with Crippen LogP contribution in [0.3, 0.4) is 0 Å². The Labute approximate surface area is 182 Å². The van der Waals surface area contributed by atoms with Crippen molar-refractivity contribution in [2.45, 2.75) is 19.4 Å². The molecule has 2 aromatic rings. The number of carbonyl (C=O) groups is 2. The minimum atomic E-state index is -0.594. The second kappa shape index (κ2) is 11.0. The van der Waals surface area contributed by atoms with E-state index in [9.17, 15) is 9.59 Å². The van der Waals surface area contributed by atoms with Crippen LogP contribution in [-0.4, -0.2) is 56.2 Å². The average Bonchev–Trinajstić information content (AvgIpc) is 2.78. The first-order chi connectivity index (χ1) is 14.6. The Balaban J connectivity index is 1.64. The number of benzene rings is 2. The van der Waals surface area contributed by atoms with Crippen LogP contribution < -0.4 is 15.5 Å². The molecule has 0 unspecified atom stereocenters. The van der Waals surface area contributed by atoms with Gasteiger partial charge in [-0.1, -0.05) is 18.2 Å². The third-order valence-electron chi connectivity index (χ3n) is 5.13. The molecular weight excluding hydrogens is 398 g/mol. The van der Waals surface area contributed by atoms with Crippen molar-refractivity contribution in [3.63, 3.8) is 0 Å². The summed E-state index contributed by atoms with van der Waals surface area (Å²) in [6.07, 6.45) is 2.55. The fourth-order valence-corrected chi connectivity index (χ4v) is 3.85. The van der Waals surface area contributed by atoms with Crippen LogP contribution in [0.4, 0.5) is 11.4 Å². The highest BCUT2D eigenvalue weighted by Gasteiger charge is 2.22. The molecule has 1 atom stereocenters. The number of hydrogen-bond acceptors (Lipinski definition) is 5. The number of anilines is 2. The predicted molar refractivity (Wildman–Crippen MR) is 124 cm³/mol. The molecule has 3 rings (SSSR count). The van der Waals surface area contributed by atoms with Gasteiger partial charge in [-0.3, -0.25) is 9.59 Å². The molecule has 1 aliphatic rings. The molecule has 0 aliphatic carbocycles. The first-order valence-corrected chi connectivity index (χ1v) is 11.6. The van der Waals surface area contributed by atoms with Crippen molar-refractivity contribution in [1.29, 1.82) is 0 Å². The van der Waals surface area contributed by atoms with Gasteiger partial charge < -0.3 is 20.3 Å². The van der Waals surface area contributed by atoms with E-state index in [1.54, 1.807) is 17.8 Å². The van der Waals surface area contributed by atoms with Crippen molar-refractivity contribution in [2.75, 3.05) is 48.5 Å². The smallest absolute Gasteiger partial charge is 0.252 e. The number of ether oxygens (including phenoxy) is 1. The Bertz CT molecular complexity index is 851. The number of thioether (sulfide) groups is 1. The van der Waals surface area contributed by atoms with E-state index >= 15 is 0 Å². The Kier molecular flexibility index (Phi) is 8.16. The second-order valence-corrected chi connectivity index (χ2v) is 8.24. The lowest BCUT2D eigenvalue weighted by atomic mass is 10.1. The minimum Gasteiger partial charge on any atom is -0.378 e. The van der Waals surface area contributed by atoms with Crippen molar-refractivity contribution in [1.82, 2.24) is 5.32 Å². The van der Waals surface area contributed by atoms with E-state index in [0.29, 0.717) is 12.0 Å². The number of hydrogen-bond donors (Lipinski definition) is 2. The highest BCUT2D eigenvalue weighted by atomic mass is 32.2. The number of rotatable bonds is 8. The Morgan fingerprint density at radius 3 is 2.47 bits per heavy atom. The number of morpholine rings is 1. The summed E-state index contributed by atoms with van der Waals surface area (Å²) in [5.41, 5.74) is 3.31. The van der Waals surface area contributed by atoms with Crippen LogP contribution in [0.25, 0.3) is 0 Å². The van der Waals surface area contributed by atoms with Gasteiger partial charge in [0, 0.05) is 30.0 Å². The van der Waals surface area contributed by atoms with E-state index in [4.69, 9.17) is 4.74 Å². The Morgan fingerprint density at radius 1 is 1.10 bits per heavy atom. The van der Waals surface area contributed by atoms with Crippen LogP contribution in [-0.2, 0) is 9.53 Å². The summed E-state index contributed by atoms with van der Waals surface area (Å²) < 4.78 is 5.39. The number of nitrogens with zero attached hydrogens (tertiary/aromatic N) is 1. The molecule has 1 saturated heterocycles. The van der Waals surface area contributed by atoms with Crippen LogP contribution in [0.2, 0.25) is 0 Å². The Hall–Kier alpha value is -2.51. The van der Waals surface area contributed by atoms with Crippen LogP contribution in [0.15, 0.2) is 48.5 Å². The van der Waals surface area contributed by atoms with Crippen LogP contribution in [0.1, 0.15) is 22.3 Å². The van der Waals surface area contributed by atoms with E-state index in [0.717, 1.165) is 49.0 Å². The molecule has 1 fully saturated rings. The third-order valence-corrected chi connectivity index (χ3v) is 5.78. The molecule has 30 heavy (non-hydrogen) atoms. The first kappa shape index (κ1) is 22.2. The monoisotopic (exact) mass is 427 g/mol. The third kappa shape index (κ3) is 6.00. The molecule has 2 aromatic carbocycles. The van der Waals surface area contributed by atoms with Gasteiger partial charge >= 0.3 is 0 Å². The molecule has 2 N–H and O–H groups in total. The van der Waals surface area contributed by atoms with Gasteiger partial charge in [0.2, 0.25) is 5.91 Å². The van der Waals surface area contributed by atoms with E-state index < -0.39 is 6.04 Å². The summed E-state index contributed by atoms with van der Waals surface area (Å²) in [5, 5.41) is 5.85. The maximum Gasteiger partial charge on any atom is 0.252 e. The molecular formula is C23H29N3O3S. The van der Waals surface area contributed by atoms with E-state index in [1.807, 2.05) is 55.6 Å². The topological polar surface area (TPSA) is 70.7 Å². The van der Waals surface area contributed by atoms with Gasteiger partial charge in [-0.15, -0.1) is 0 Å². The molecule has 6 nitrogen and oxygen atoms in total. The normalized spacial score (nSPS) is 14.8. The van der Waals surface area contributed by atoms with Gasteiger partial charge in [0.25, 0.3) is 5.91 Å². The van der Waals surface area contributed by atoms with Gasteiger partial charge in [-0.2, -0.15) is 11.8 Å². The molecule has 1 aliphatic heterocycles. The Morgan fingerprint density at radius 2 is 1.80 bits per heavy atom. The lowest BCUT2D eigenvalue weighted by Gasteiger charge is -2.29. The largest absolute Gasteiger partial charge is 0.378 e. The fraction of sp³-hybridized carbons (Fsp3) is 0.391. The molecule has 7 heteroatoms. The zero-order chi connectivity index (χ0) is 21.3. The molecule has 0 spiro atoms.